The van der Waals surface area contributed by atoms with Crippen LogP contribution in [0.15, 0.2) is 53.0 Å². The number of ether oxygens (including phenoxy) is 2. The molecule has 0 aliphatic heterocycles. The molecule has 88 valence electrons. The van der Waals surface area contributed by atoms with E-state index >= 15 is 0 Å². The van der Waals surface area contributed by atoms with E-state index < -0.39 is 0 Å². The lowest BCUT2D eigenvalue weighted by molar-refractivity contribution is 0.305. The number of halogens is 1. The molecule has 2 nitrogen and oxygen atoms in total. The van der Waals surface area contributed by atoms with Gasteiger partial charge in [0.05, 0.1) is 7.11 Å². The summed E-state index contributed by atoms with van der Waals surface area (Å²) < 4.78 is 11.8. The highest BCUT2D eigenvalue weighted by molar-refractivity contribution is 9.10. The van der Waals surface area contributed by atoms with E-state index in [1.165, 1.54) is 0 Å². The molecule has 17 heavy (non-hydrogen) atoms. The van der Waals surface area contributed by atoms with Gasteiger partial charge in [-0.15, -0.1) is 0 Å². The van der Waals surface area contributed by atoms with Crippen molar-refractivity contribution < 1.29 is 9.47 Å². The fraction of sp³-hybridized carbons (Fsp3) is 0.143. The standard InChI is InChI=1S/C14H13BrO2/c1-16-13-8-7-11(14(15)9-13)10-17-12-5-3-2-4-6-12/h2-9H,10H2,1H3. The van der Waals surface area contributed by atoms with Gasteiger partial charge in [0.2, 0.25) is 0 Å². The monoisotopic (exact) mass is 292 g/mol. The molecule has 0 saturated heterocycles. The summed E-state index contributed by atoms with van der Waals surface area (Å²) in [7, 11) is 1.65. The van der Waals surface area contributed by atoms with Gasteiger partial charge in [-0.25, -0.2) is 0 Å². The Balaban J connectivity index is 2.04. The molecule has 0 bridgehead atoms. The number of hydrogen-bond donors (Lipinski definition) is 0. The summed E-state index contributed by atoms with van der Waals surface area (Å²) in [5, 5.41) is 0. The van der Waals surface area contributed by atoms with Crippen LogP contribution >= 0.6 is 15.9 Å². The molecule has 2 aromatic carbocycles. The maximum absolute atomic E-state index is 5.68. The van der Waals surface area contributed by atoms with Crippen LogP contribution in [0.25, 0.3) is 0 Å². The molecular formula is C14H13BrO2. The molecule has 0 amide bonds. The van der Waals surface area contributed by atoms with E-state index in [-0.39, 0.29) is 0 Å². The third-order valence-corrected chi connectivity index (χ3v) is 3.14. The Morgan fingerprint density at radius 1 is 1.00 bits per heavy atom. The summed E-state index contributed by atoms with van der Waals surface area (Å²) in [4.78, 5) is 0. The zero-order valence-electron chi connectivity index (χ0n) is 9.52. The molecule has 2 aromatic rings. The number of methoxy groups -OCH3 is 1. The number of para-hydroxylation sites is 1. The zero-order chi connectivity index (χ0) is 12.1. The first-order valence-corrected chi connectivity index (χ1v) is 6.09. The summed E-state index contributed by atoms with van der Waals surface area (Å²) in [6, 6.07) is 15.6. The van der Waals surface area contributed by atoms with Gasteiger partial charge in [0.25, 0.3) is 0 Å². The van der Waals surface area contributed by atoms with Crippen molar-refractivity contribution in [2.75, 3.05) is 7.11 Å². The summed E-state index contributed by atoms with van der Waals surface area (Å²) in [5.41, 5.74) is 1.09. The molecule has 0 aliphatic carbocycles. The van der Waals surface area contributed by atoms with E-state index in [1.54, 1.807) is 7.11 Å². The van der Waals surface area contributed by atoms with E-state index in [1.807, 2.05) is 48.5 Å². The number of benzene rings is 2. The smallest absolute Gasteiger partial charge is 0.120 e. The maximum Gasteiger partial charge on any atom is 0.120 e. The van der Waals surface area contributed by atoms with Crippen LogP contribution in [0.5, 0.6) is 11.5 Å². The molecule has 0 aromatic heterocycles. The highest BCUT2D eigenvalue weighted by atomic mass is 79.9. The van der Waals surface area contributed by atoms with Crippen molar-refractivity contribution in [3.63, 3.8) is 0 Å². The first-order valence-electron chi connectivity index (χ1n) is 5.30. The zero-order valence-corrected chi connectivity index (χ0v) is 11.1. The van der Waals surface area contributed by atoms with Gasteiger partial charge in [-0.2, -0.15) is 0 Å². The molecule has 0 radical (unpaired) electrons. The van der Waals surface area contributed by atoms with Gasteiger partial charge < -0.3 is 9.47 Å². The predicted molar refractivity (Wildman–Crippen MR) is 71.5 cm³/mol. The fourth-order valence-corrected chi connectivity index (χ4v) is 1.92. The Bertz CT molecular complexity index is 483. The second-order valence-electron chi connectivity index (χ2n) is 3.56. The van der Waals surface area contributed by atoms with Crippen molar-refractivity contribution in [2.45, 2.75) is 6.61 Å². The van der Waals surface area contributed by atoms with Crippen molar-refractivity contribution in [1.29, 1.82) is 0 Å². The minimum absolute atomic E-state index is 0.536. The van der Waals surface area contributed by atoms with Crippen molar-refractivity contribution in [1.82, 2.24) is 0 Å². The predicted octanol–water partition coefficient (Wildman–Crippen LogP) is 4.04. The largest absolute Gasteiger partial charge is 0.497 e. The van der Waals surface area contributed by atoms with Crippen LogP contribution in [-0.4, -0.2) is 7.11 Å². The molecule has 0 heterocycles. The Morgan fingerprint density at radius 2 is 1.76 bits per heavy atom. The molecule has 2 rings (SSSR count). The number of hydrogen-bond acceptors (Lipinski definition) is 2. The van der Waals surface area contributed by atoms with Crippen molar-refractivity contribution in [2.24, 2.45) is 0 Å². The van der Waals surface area contributed by atoms with E-state index in [0.29, 0.717) is 6.61 Å². The Kier molecular flexibility index (Phi) is 4.04. The highest BCUT2D eigenvalue weighted by Crippen LogP contribution is 2.24. The van der Waals surface area contributed by atoms with Gasteiger partial charge in [-0.1, -0.05) is 40.2 Å². The van der Waals surface area contributed by atoms with Crippen LogP contribution < -0.4 is 9.47 Å². The summed E-state index contributed by atoms with van der Waals surface area (Å²) >= 11 is 3.50. The van der Waals surface area contributed by atoms with Crippen LogP contribution in [0.4, 0.5) is 0 Å². The lowest BCUT2D eigenvalue weighted by Crippen LogP contribution is -1.96. The molecular weight excluding hydrogens is 280 g/mol. The molecule has 0 spiro atoms. The summed E-state index contributed by atoms with van der Waals surface area (Å²) in [5.74, 6) is 1.70. The second kappa shape index (κ2) is 5.73. The molecule has 0 N–H and O–H groups in total. The normalized spacial score (nSPS) is 10.0. The topological polar surface area (TPSA) is 18.5 Å². The molecule has 0 saturated carbocycles. The SMILES string of the molecule is COc1ccc(COc2ccccc2)c(Br)c1. The molecule has 0 unspecified atom stereocenters. The first kappa shape index (κ1) is 12.0. The molecule has 3 heteroatoms. The Hall–Kier alpha value is -1.48. The average Bonchev–Trinajstić information content (AvgIpc) is 2.38. The van der Waals surface area contributed by atoms with E-state index in [9.17, 15) is 0 Å². The van der Waals surface area contributed by atoms with Crippen LogP contribution in [0.1, 0.15) is 5.56 Å². The minimum atomic E-state index is 0.536. The Labute approximate surface area is 109 Å². The van der Waals surface area contributed by atoms with E-state index in [0.717, 1.165) is 21.5 Å². The summed E-state index contributed by atoms with van der Waals surface area (Å²) in [6.45, 7) is 0.536. The van der Waals surface area contributed by atoms with Crippen LogP contribution in [0, 0.1) is 0 Å². The van der Waals surface area contributed by atoms with Gasteiger partial charge in [0.1, 0.15) is 18.1 Å². The van der Waals surface area contributed by atoms with Gasteiger partial charge in [0, 0.05) is 10.0 Å². The van der Waals surface area contributed by atoms with Crippen molar-refractivity contribution in [3.05, 3.63) is 58.6 Å². The average molecular weight is 293 g/mol. The van der Waals surface area contributed by atoms with Crippen molar-refractivity contribution in [3.8, 4) is 11.5 Å². The van der Waals surface area contributed by atoms with Gasteiger partial charge in [-0.3, -0.25) is 0 Å². The lowest BCUT2D eigenvalue weighted by atomic mass is 10.2. The summed E-state index contributed by atoms with van der Waals surface area (Å²) in [6.07, 6.45) is 0. The van der Waals surface area contributed by atoms with Gasteiger partial charge >= 0.3 is 0 Å². The van der Waals surface area contributed by atoms with Gasteiger partial charge in [0.15, 0.2) is 0 Å². The van der Waals surface area contributed by atoms with E-state index in [2.05, 4.69) is 15.9 Å². The minimum Gasteiger partial charge on any atom is -0.497 e. The maximum atomic E-state index is 5.68. The fourth-order valence-electron chi connectivity index (χ4n) is 1.45. The first-order chi connectivity index (χ1) is 8.29. The molecule has 0 atom stereocenters. The second-order valence-corrected chi connectivity index (χ2v) is 4.41. The van der Waals surface area contributed by atoms with Crippen LogP contribution in [-0.2, 0) is 6.61 Å². The quantitative estimate of drug-likeness (QED) is 0.847. The highest BCUT2D eigenvalue weighted by Gasteiger charge is 2.02. The molecule has 0 fully saturated rings. The number of rotatable bonds is 4. The van der Waals surface area contributed by atoms with Crippen molar-refractivity contribution >= 4 is 15.9 Å². The van der Waals surface area contributed by atoms with Crippen LogP contribution in [0.2, 0.25) is 0 Å². The van der Waals surface area contributed by atoms with E-state index in [4.69, 9.17) is 9.47 Å². The van der Waals surface area contributed by atoms with Gasteiger partial charge in [-0.05, 0) is 24.3 Å². The molecule has 0 aliphatic rings. The Morgan fingerprint density at radius 3 is 2.41 bits per heavy atom. The third-order valence-electron chi connectivity index (χ3n) is 2.40. The van der Waals surface area contributed by atoms with Crippen LogP contribution in [0.3, 0.4) is 0 Å². The third kappa shape index (κ3) is 3.24. The lowest BCUT2D eigenvalue weighted by Gasteiger charge is -2.09.